The molecule has 0 aromatic heterocycles. The van der Waals surface area contributed by atoms with Gasteiger partial charge in [-0.05, 0) is 31.0 Å². The number of nitrogens with one attached hydrogen (secondary N) is 1. The Morgan fingerprint density at radius 3 is 2.83 bits per heavy atom. The number of carbonyl (C=O) groups excluding carboxylic acids is 1. The smallest absolute Gasteiger partial charge is 0.317 e. The minimum absolute atomic E-state index is 0.158. The van der Waals surface area contributed by atoms with Crippen molar-refractivity contribution >= 4 is 12.0 Å². The van der Waals surface area contributed by atoms with E-state index < -0.39 is 24.4 Å². The number of nitrogens with zero attached hydrogens (tertiary/aromatic N) is 1. The van der Waals surface area contributed by atoms with Gasteiger partial charge in [-0.15, -0.1) is 0 Å². The quantitative estimate of drug-likeness (QED) is 0.832. The minimum atomic E-state index is -2.55. The highest BCUT2D eigenvalue weighted by molar-refractivity contribution is 5.79. The van der Waals surface area contributed by atoms with Crippen molar-refractivity contribution in [2.45, 2.75) is 26.3 Å². The van der Waals surface area contributed by atoms with Crippen LogP contribution in [0.4, 0.5) is 13.6 Å². The fourth-order valence-corrected chi connectivity index (χ4v) is 2.50. The van der Waals surface area contributed by atoms with Crippen LogP contribution < -0.4 is 10.1 Å². The summed E-state index contributed by atoms with van der Waals surface area (Å²) in [7, 11) is 0. The molecule has 132 valence electrons. The maximum absolute atomic E-state index is 12.1. The summed E-state index contributed by atoms with van der Waals surface area (Å²) in [6.07, 6.45) is -2.14. The first-order valence-corrected chi connectivity index (χ1v) is 7.56. The molecule has 0 radical (unpaired) electrons. The Bertz CT molecular complexity index is 611. The van der Waals surface area contributed by atoms with Crippen LogP contribution in [0.2, 0.25) is 0 Å². The number of carboxylic acids is 1. The number of urea groups is 1. The Morgan fingerprint density at radius 2 is 2.21 bits per heavy atom. The lowest BCUT2D eigenvalue weighted by Crippen LogP contribution is -2.40. The molecule has 24 heavy (non-hydrogen) atoms. The van der Waals surface area contributed by atoms with E-state index in [1.165, 1.54) is 4.90 Å². The van der Waals surface area contributed by atoms with E-state index in [0.29, 0.717) is 24.3 Å². The van der Waals surface area contributed by atoms with Crippen molar-refractivity contribution in [2.75, 3.05) is 19.7 Å². The molecule has 0 spiro atoms. The molecule has 0 aliphatic carbocycles. The summed E-state index contributed by atoms with van der Waals surface area (Å²) in [6.45, 7) is 1.67. The summed E-state index contributed by atoms with van der Waals surface area (Å²) in [6, 6.07) is 6.18. The molecular formula is C16H20F2N2O4. The summed E-state index contributed by atoms with van der Waals surface area (Å²) in [5.74, 6) is -0.608. The Kier molecular flexibility index (Phi) is 5.58. The van der Waals surface area contributed by atoms with Gasteiger partial charge in [-0.1, -0.05) is 12.1 Å². The van der Waals surface area contributed by atoms with Gasteiger partial charge in [0.25, 0.3) is 6.43 Å². The van der Waals surface area contributed by atoms with Gasteiger partial charge in [-0.2, -0.15) is 0 Å². The summed E-state index contributed by atoms with van der Waals surface area (Å²) >= 11 is 0. The number of halogens is 2. The van der Waals surface area contributed by atoms with Crippen molar-refractivity contribution in [3.05, 3.63) is 29.8 Å². The molecule has 2 amide bonds. The van der Waals surface area contributed by atoms with Crippen molar-refractivity contribution in [3.63, 3.8) is 0 Å². The molecule has 1 aromatic carbocycles. The van der Waals surface area contributed by atoms with Gasteiger partial charge in [-0.25, -0.2) is 13.6 Å². The topological polar surface area (TPSA) is 78.9 Å². The number of ether oxygens (including phenoxy) is 1. The van der Waals surface area contributed by atoms with Crippen LogP contribution in [0.3, 0.4) is 0 Å². The Morgan fingerprint density at radius 1 is 1.46 bits per heavy atom. The standard InChI is InChI=1S/C16H20F2N2O4/c1-16(14(21)22)5-6-20(10-16)15(23)19-8-11-3-2-4-12(7-11)24-9-13(17)18/h2-4,7,13H,5-6,8-10H2,1H3,(H,19,23)(H,21,22). The van der Waals surface area contributed by atoms with Gasteiger partial charge in [0, 0.05) is 19.6 Å². The van der Waals surface area contributed by atoms with Crippen LogP contribution in [0.25, 0.3) is 0 Å². The van der Waals surface area contributed by atoms with Crippen molar-refractivity contribution in [2.24, 2.45) is 5.41 Å². The second-order valence-corrected chi connectivity index (χ2v) is 6.05. The van der Waals surface area contributed by atoms with Gasteiger partial charge >= 0.3 is 12.0 Å². The molecule has 8 heteroatoms. The number of benzene rings is 1. The van der Waals surface area contributed by atoms with Crippen LogP contribution in [-0.4, -0.2) is 48.1 Å². The van der Waals surface area contributed by atoms with Crippen molar-refractivity contribution in [1.82, 2.24) is 10.2 Å². The summed E-state index contributed by atoms with van der Waals surface area (Å²) in [5.41, 5.74) is -0.212. The molecular weight excluding hydrogens is 322 g/mol. The molecule has 1 aliphatic rings. The van der Waals surface area contributed by atoms with Crippen molar-refractivity contribution in [1.29, 1.82) is 0 Å². The van der Waals surface area contributed by atoms with Crippen LogP contribution >= 0.6 is 0 Å². The van der Waals surface area contributed by atoms with E-state index >= 15 is 0 Å². The van der Waals surface area contributed by atoms with E-state index in [1.807, 2.05) is 0 Å². The molecule has 6 nitrogen and oxygen atoms in total. The third-order valence-electron chi connectivity index (χ3n) is 4.00. The molecule has 1 aromatic rings. The lowest BCUT2D eigenvalue weighted by molar-refractivity contribution is -0.147. The number of amides is 2. The maximum atomic E-state index is 12.1. The number of alkyl halides is 2. The number of likely N-dealkylation sites (tertiary alicyclic amines) is 1. The highest BCUT2D eigenvalue weighted by Gasteiger charge is 2.42. The van der Waals surface area contributed by atoms with Crippen LogP contribution in [-0.2, 0) is 11.3 Å². The molecule has 2 N–H and O–H groups in total. The zero-order chi connectivity index (χ0) is 17.7. The van der Waals surface area contributed by atoms with E-state index in [0.717, 1.165) is 0 Å². The number of carbonyl (C=O) groups is 2. The lowest BCUT2D eigenvalue weighted by atomic mass is 9.90. The molecule has 2 rings (SSSR count). The SMILES string of the molecule is CC1(C(=O)O)CCN(C(=O)NCc2cccc(OCC(F)F)c2)C1. The monoisotopic (exact) mass is 342 g/mol. The number of rotatable bonds is 6. The van der Waals surface area contributed by atoms with Crippen LogP contribution in [0, 0.1) is 5.41 Å². The van der Waals surface area contributed by atoms with Gasteiger partial charge in [0.05, 0.1) is 5.41 Å². The molecule has 1 fully saturated rings. The zero-order valence-corrected chi connectivity index (χ0v) is 13.3. The highest BCUT2D eigenvalue weighted by Crippen LogP contribution is 2.30. The van der Waals surface area contributed by atoms with E-state index in [-0.39, 0.29) is 19.1 Å². The van der Waals surface area contributed by atoms with Gasteiger partial charge in [0.1, 0.15) is 12.4 Å². The predicted octanol–water partition coefficient (Wildman–Crippen LogP) is 2.34. The van der Waals surface area contributed by atoms with Gasteiger partial charge in [0.15, 0.2) is 0 Å². The number of hydrogen-bond donors (Lipinski definition) is 2. The second kappa shape index (κ2) is 7.46. The first-order chi connectivity index (χ1) is 11.3. The molecule has 0 saturated carbocycles. The van der Waals surface area contributed by atoms with Gasteiger partial charge in [0.2, 0.25) is 0 Å². The number of aliphatic carboxylic acids is 1. The number of hydrogen-bond acceptors (Lipinski definition) is 3. The molecule has 1 heterocycles. The molecule has 1 aliphatic heterocycles. The molecule has 1 atom stereocenters. The second-order valence-electron chi connectivity index (χ2n) is 6.05. The largest absolute Gasteiger partial charge is 0.488 e. The Hall–Kier alpha value is -2.38. The minimum Gasteiger partial charge on any atom is -0.488 e. The molecule has 1 saturated heterocycles. The van der Waals surface area contributed by atoms with Crippen LogP contribution in [0.15, 0.2) is 24.3 Å². The van der Waals surface area contributed by atoms with E-state index in [2.05, 4.69) is 5.32 Å². The summed E-state index contributed by atoms with van der Waals surface area (Å²) < 4.78 is 29.2. The average molecular weight is 342 g/mol. The van der Waals surface area contributed by atoms with Gasteiger partial charge < -0.3 is 20.1 Å². The summed E-state index contributed by atoms with van der Waals surface area (Å²) in [5, 5.41) is 11.9. The van der Waals surface area contributed by atoms with Crippen molar-refractivity contribution in [3.8, 4) is 5.75 Å². The zero-order valence-electron chi connectivity index (χ0n) is 13.3. The average Bonchev–Trinajstić information content (AvgIpc) is 2.95. The third kappa shape index (κ3) is 4.56. The van der Waals surface area contributed by atoms with E-state index in [9.17, 15) is 23.5 Å². The predicted molar refractivity (Wildman–Crippen MR) is 82.1 cm³/mol. The number of carboxylic acid groups (broad SMARTS) is 1. The van der Waals surface area contributed by atoms with Crippen LogP contribution in [0.1, 0.15) is 18.9 Å². The fourth-order valence-electron chi connectivity index (χ4n) is 2.50. The van der Waals surface area contributed by atoms with E-state index in [4.69, 9.17) is 4.74 Å². The summed E-state index contributed by atoms with van der Waals surface area (Å²) in [4.78, 5) is 24.8. The normalized spacial score (nSPS) is 20.2. The maximum Gasteiger partial charge on any atom is 0.317 e. The molecule has 0 bridgehead atoms. The third-order valence-corrected chi connectivity index (χ3v) is 4.00. The van der Waals surface area contributed by atoms with Gasteiger partial charge in [-0.3, -0.25) is 4.79 Å². The van der Waals surface area contributed by atoms with Crippen molar-refractivity contribution < 1.29 is 28.2 Å². The Balaban J connectivity index is 1.86. The van der Waals surface area contributed by atoms with E-state index in [1.54, 1.807) is 31.2 Å². The lowest BCUT2D eigenvalue weighted by Gasteiger charge is -2.20. The van der Waals surface area contributed by atoms with Crippen LogP contribution in [0.5, 0.6) is 5.75 Å². The molecule has 1 unspecified atom stereocenters. The highest BCUT2D eigenvalue weighted by atomic mass is 19.3. The fraction of sp³-hybridized carbons (Fsp3) is 0.500. The first kappa shape index (κ1) is 18.0. The first-order valence-electron chi connectivity index (χ1n) is 7.56. The Labute approximate surface area is 138 Å².